The molecule has 11 heteroatoms. The zero-order chi connectivity index (χ0) is 21.8. The normalized spacial score (nSPS) is 12.0. The average molecular weight is 460 g/mol. The molecule has 158 valence electrons. The van der Waals surface area contributed by atoms with Gasteiger partial charge in [0.25, 0.3) is 5.91 Å². The van der Waals surface area contributed by atoms with Crippen molar-refractivity contribution in [1.29, 1.82) is 0 Å². The van der Waals surface area contributed by atoms with E-state index in [0.717, 1.165) is 4.31 Å². The summed E-state index contributed by atoms with van der Waals surface area (Å²) in [5.74, 6) is -0.582. The van der Waals surface area contributed by atoms with Crippen LogP contribution in [0.5, 0.6) is 0 Å². The van der Waals surface area contributed by atoms with Gasteiger partial charge in [0.15, 0.2) is 0 Å². The Balaban J connectivity index is 2.20. The van der Waals surface area contributed by atoms with Gasteiger partial charge in [-0.3, -0.25) is 9.52 Å². The molecule has 0 aliphatic rings. The average Bonchev–Trinajstić information content (AvgIpc) is 2.63. The lowest BCUT2D eigenvalue weighted by Gasteiger charge is -2.13. The van der Waals surface area contributed by atoms with Gasteiger partial charge < -0.3 is 5.32 Å². The van der Waals surface area contributed by atoms with Gasteiger partial charge in [-0.1, -0.05) is 18.5 Å². The van der Waals surface area contributed by atoms with Gasteiger partial charge >= 0.3 is 0 Å². The summed E-state index contributed by atoms with van der Waals surface area (Å²) in [4.78, 5) is 12.5. The lowest BCUT2D eigenvalue weighted by Crippen LogP contribution is -2.23. The summed E-state index contributed by atoms with van der Waals surface area (Å²) in [6, 6.07) is 9.95. The number of sulfonamides is 2. The standard InChI is InChI=1S/C18H22ClN3O5S2/c1-4-11-28(24,25)21-14-7-5-13(6-8-14)20-18(23)16-12-15(9-10-17(16)19)29(26,27)22(2)3/h5-10,12,21H,4,11H2,1-3H3,(H,20,23). The highest BCUT2D eigenvalue weighted by molar-refractivity contribution is 7.92. The summed E-state index contributed by atoms with van der Waals surface area (Å²) in [7, 11) is -4.35. The highest BCUT2D eigenvalue weighted by Gasteiger charge is 2.21. The van der Waals surface area contributed by atoms with Crippen LogP contribution in [0, 0.1) is 0 Å². The first kappa shape index (κ1) is 23.1. The van der Waals surface area contributed by atoms with Crippen LogP contribution < -0.4 is 10.0 Å². The van der Waals surface area contributed by atoms with Gasteiger partial charge in [0.1, 0.15) is 0 Å². The molecule has 8 nitrogen and oxygen atoms in total. The van der Waals surface area contributed by atoms with Crippen molar-refractivity contribution in [2.75, 3.05) is 29.9 Å². The van der Waals surface area contributed by atoms with E-state index < -0.39 is 26.0 Å². The first-order valence-electron chi connectivity index (χ1n) is 8.60. The van der Waals surface area contributed by atoms with Gasteiger partial charge in [-0.25, -0.2) is 21.1 Å². The number of halogens is 1. The van der Waals surface area contributed by atoms with Crippen LogP contribution in [0.15, 0.2) is 47.4 Å². The predicted octanol–water partition coefficient (Wildman–Crippen LogP) is 2.99. The van der Waals surface area contributed by atoms with E-state index in [0.29, 0.717) is 17.8 Å². The molecule has 0 fully saturated rings. The van der Waals surface area contributed by atoms with Crippen molar-refractivity contribution in [2.24, 2.45) is 0 Å². The third-order valence-corrected chi connectivity index (χ3v) is 7.48. The van der Waals surface area contributed by atoms with Gasteiger partial charge in [-0.2, -0.15) is 0 Å². The number of hydrogen-bond acceptors (Lipinski definition) is 5. The molecule has 1 amide bonds. The van der Waals surface area contributed by atoms with Crippen molar-refractivity contribution in [3.05, 3.63) is 53.1 Å². The molecule has 0 radical (unpaired) electrons. The lowest BCUT2D eigenvalue weighted by atomic mass is 10.2. The Bertz CT molecular complexity index is 1100. The molecule has 0 atom stereocenters. The molecule has 0 aliphatic heterocycles. The van der Waals surface area contributed by atoms with Crippen molar-refractivity contribution in [3.63, 3.8) is 0 Å². The molecule has 2 aromatic rings. The Morgan fingerprint density at radius 1 is 1.00 bits per heavy atom. The molecule has 0 aliphatic carbocycles. The number of nitrogens with zero attached hydrogens (tertiary/aromatic N) is 1. The van der Waals surface area contributed by atoms with E-state index in [2.05, 4.69) is 10.0 Å². The molecule has 0 spiro atoms. The Morgan fingerprint density at radius 3 is 2.14 bits per heavy atom. The Labute approximate surface area is 176 Å². The molecule has 0 saturated heterocycles. The van der Waals surface area contributed by atoms with Crippen molar-refractivity contribution < 1.29 is 21.6 Å². The molecule has 2 aromatic carbocycles. The maximum absolute atomic E-state index is 12.6. The first-order chi connectivity index (χ1) is 13.5. The molecule has 2 rings (SSSR count). The van der Waals surface area contributed by atoms with Gasteiger partial charge in [0.2, 0.25) is 20.0 Å². The summed E-state index contributed by atoms with van der Waals surface area (Å²) < 4.78 is 51.6. The predicted molar refractivity (Wildman–Crippen MR) is 114 cm³/mol. The number of anilines is 2. The number of benzene rings is 2. The van der Waals surface area contributed by atoms with Gasteiger partial charge in [0, 0.05) is 25.5 Å². The molecular formula is C18H22ClN3O5S2. The Kier molecular flexibility index (Phi) is 7.28. The molecule has 0 aromatic heterocycles. The fraction of sp³-hybridized carbons (Fsp3) is 0.278. The van der Waals surface area contributed by atoms with E-state index in [4.69, 9.17) is 11.6 Å². The van der Waals surface area contributed by atoms with Crippen molar-refractivity contribution in [3.8, 4) is 0 Å². The zero-order valence-corrected chi connectivity index (χ0v) is 18.5. The van der Waals surface area contributed by atoms with Crippen LogP contribution in [0.2, 0.25) is 5.02 Å². The third-order valence-electron chi connectivity index (χ3n) is 3.85. The highest BCUT2D eigenvalue weighted by atomic mass is 35.5. The lowest BCUT2D eigenvalue weighted by molar-refractivity contribution is 0.102. The maximum atomic E-state index is 12.6. The molecule has 0 saturated carbocycles. The van der Waals surface area contributed by atoms with Crippen LogP contribution in [0.3, 0.4) is 0 Å². The number of carbonyl (C=O) groups excluding carboxylic acids is 1. The largest absolute Gasteiger partial charge is 0.322 e. The second-order valence-electron chi connectivity index (χ2n) is 6.38. The van der Waals surface area contributed by atoms with Gasteiger partial charge in [-0.15, -0.1) is 0 Å². The number of carbonyl (C=O) groups is 1. The summed E-state index contributed by atoms with van der Waals surface area (Å²) in [5, 5.41) is 2.71. The quantitative estimate of drug-likeness (QED) is 0.630. The number of amides is 1. The van der Waals surface area contributed by atoms with Crippen molar-refractivity contribution >= 4 is 48.9 Å². The molecule has 0 unspecified atom stereocenters. The van der Waals surface area contributed by atoms with Crippen molar-refractivity contribution in [2.45, 2.75) is 18.2 Å². The zero-order valence-electron chi connectivity index (χ0n) is 16.1. The fourth-order valence-electron chi connectivity index (χ4n) is 2.37. The molecular weight excluding hydrogens is 438 g/mol. The van der Waals surface area contributed by atoms with E-state index in [1.165, 1.54) is 56.6 Å². The van der Waals surface area contributed by atoms with Crippen LogP contribution in [0.25, 0.3) is 0 Å². The van der Waals surface area contributed by atoms with Crippen LogP contribution in [-0.4, -0.2) is 46.9 Å². The van der Waals surface area contributed by atoms with E-state index in [1.807, 2.05) is 0 Å². The van der Waals surface area contributed by atoms with Crippen LogP contribution in [0.4, 0.5) is 11.4 Å². The molecule has 0 heterocycles. The number of nitrogens with one attached hydrogen (secondary N) is 2. The minimum atomic E-state index is -3.72. The minimum Gasteiger partial charge on any atom is -0.322 e. The maximum Gasteiger partial charge on any atom is 0.257 e. The monoisotopic (exact) mass is 459 g/mol. The fourth-order valence-corrected chi connectivity index (χ4v) is 4.64. The molecule has 2 N–H and O–H groups in total. The molecule has 0 bridgehead atoms. The van der Waals surface area contributed by atoms with E-state index >= 15 is 0 Å². The van der Waals surface area contributed by atoms with Crippen molar-refractivity contribution in [1.82, 2.24) is 4.31 Å². The van der Waals surface area contributed by atoms with Crippen LogP contribution >= 0.6 is 11.6 Å². The van der Waals surface area contributed by atoms with E-state index in [9.17, 15) is 21.6 Å². The minimum absolute atomic E-state index is 0.00215. The second kappa shape index (κ2) is 9.12. The highest BCUT2D eigenvalue weighted by Crippen LogP contribution is 2.24. The van der Waals surface area contributed by atoms with Crippen LogP contribution in [-0.2, 0) is 20.0 Å². The molecule has 29 heavy (non-hydrogen) atoms. The summed E-state index contributed by atoms with van der Waals surface area (Å²) in [5.41, 5.74) is 0.765. The van der Waals surface area contributed by atoms with E-state index in [1.54, 1.807) is 6.92 Å². The summed E-state index contributed by atoms with van der Waals surface area (Å²) in [6.07, 6.45) is 0.493. The topological polar surface area (TPSA) is 113 Å². The Hall–Kier alpha value is -2.14. The smallest absolute Gasteiger partial charge is 0.257 e. The van der Waals surface area contributed by atoms with E-state index in [-0.39, 0.29) is 21.2 Å². The number of hydrogen-bond donors (Lipinski definition) is 2. The second-order valence-corrected chi connectivity index (χ2v) is 10.8. The Morgan fingerprint density at radius 2 is 1.59 bits per heavy atom. The third kappa shape index (κ3) is 5.92. The van der Waals surface area contributed by atoms with Gasteiger partial charge in [0.05, 0.1) is 21.2 Å². The van der Waals surface area contributed by atoms with Crippen LogP contribution in [0.1, 0.15) is 23.7 Å². The van der Waals surface area contributed by atoms with Gasteiger partial charge in [-0.05, 0) is 48.9 Å². The SMILES string of the molecule is CCCS(=O)(=O)Nc1ccc(NC(=O)c2cc(S(=O)(=O)N(C)C)ccc2Cl)cc1. The number of rotatable bonds is 8. The first-order valence-corrected chi connectivity index (χ1v) is 12.1. The summed E-state index contributed by atoms with van der Waals surface area (Å²) >= 11 is 6.07. The summed E-state index contributed by atoms with van der Waals surface area (Å²) in [6.45, 7) is 1.77.